The molecule has 1 saturated heterocycles. The van der Waals surface area contributed by atoms with E-state index >= 15 is 0 Å². The minimum absolute atomic E-state index is 0.255. The number of carbonyl (C=O) groups is 2. The molecule has 2 heterocycles. The molecule has 0 N–H and O–H groups in total. The van der Waals surface area contributed by atoms with Crippen LogP contribution in [0.15, 0.2) is 48.2 Å². The molecule has 0 aliphatic carbocycles. The molecule has 28 heavy (non-hydrogen) atoms. The highest BCUT2D eigenvalue weighted by Crippen LogP contribution is 2.38. The molecule has 2 aromatic rings. The SMILES string of the molecule is COc1cccc(N2C(=O)C(c3ccc(C)cc3C)=C(N3CCCC3)C2=O)c1. The Morgan fingerprint density at radius 1 is 0.929 bits per heavy atom. The van der Waals surface area contributed by atoms with Crippen molar-refractivity contribution in [3.05, 3.63) is 64.9 Å². The van der Waals surface area contributed by atoms with Gasteiger partial charge < -0.3 is 9.64 Å². The number of ether oxygens (including phenoxy) is 1. The number of rotatable bonds is 4. The number of anilines is 1. The second-order valence-electron chi connectivity index (χ2n) is 7.38. The quantitative estimate of drug-likeness (QED) is 0.764. The summed E-state index contributed by atoms with van der Waals surface area (Å²) in [6, 6.07) is 13.1. The fraction of sp³-hybridized carbons (Fsp3) is 0.304. The van der Waals surface area contributed by atoms with Gasteiger partial charge >= 0.3 is 0 Å². The van der Waals surface area contributed by atoms with Gasteiger partial charge in [0.15, 0.2) is 0 Å². The lowest BCUT2D eigenvalue weighted by molar-refractivity contribution is -0.120. The molecule has 0 spiro atoms. The van der Waals surface area contributed by atoms with Gasteiger partial charge in [-0.15, -0.1) is 0 Å². The highest BCUT2D eigenvalue weighted by atomic mass is 16.5. The number of methoxy groups -OCH3 is 1. The first kappa shape index (κ1) is 18.3. The van der Waals surface area contributed by atoms with Crippen molar-refractivity contribution in [2.24, 2.45) is 0 Å². The Morgan fingerprint density at radius 3 is 2.36 bits per heavy atom. The normalized spacial score (nSPS) is 17.1. The number of hydrogen-bond donors (Lipinski definition) is 0. The predicted molar refractivity (Wildman–Crippen MR) is 109 cm³/mol. The maximum atomic E-state index is 13.5. The van der Waals surface area contributed by atoms with Crippen LogP contribution in [-0.4, -0.2) is 36.9 Å². The Kier molecular flexibility index (Phi) is 4.67. The van der Waals surface area contributed by atoms with Crippen LogP contribution in [0.3, 0.4) is 0 Å². The van der Waals surface area contributed by atoms with Gasteiger partial charge in [0, 0.05) is 19.2 Å². The van der Waals surface area contributed by atoms with E-state index in [0.29, 0.717) is 22.7 Å². The smallest absolute Gasteiger partial charge is 0.282 e. The average Bonchev–Trinajstić information content (AvgIpc) is 3.28. The summed E-state index contributed by atoms with van der Waals surface area (Å²) in [4.78, 5) is 30.3. The molecule has 0 atom stereocenters. The standard InChI is InChI=1S/C23H24N2O3/c1-15-9-10-19(16(2)13-15)20-21(24-11-4-5-12-24)23(27)25(22(20)26)17-7-6-8-18(14-17)28-3/h6-10,13-14H,4-5,11-12H2,1-3H3. The zero-order valence-electron chi connectivity index (χ0n) is 16.5. The molecular weight excluding hydrogens is 352 g/mol. The zero-order valence-corrected chi connectivity index (χ0v) is 16.5. The zero-order chi connectivity index (χ0) is 19.8. The van der Waals surface area contributed by atoms with E-state index in [0.717, 1.165) is 42.6 Å². The van der Waals surface area contributed by atoms with Gasteiger partial charge in [-0.25, -0.2) is 4.90 Å². The molecule has 4 rings (SSSR count). The fourth-order valence-corrected chi connectivity index (χ4v) is 4.07. The summed E-state index contributed by atoms with van der Waals surface area (Å²) in [5, 5.41) is 0. The fourth-order valence-electron chi connectivity index (χ4n) is 4.07. The van der Waals surface area contributed by atoms with Crippen LogP contribution in [0.4, 0.5) is 5.69 Å². The molecule has 144 valence electrons. The first-order valence-electron chi connectivity index (χ1n) is 9.61. The Labute approximate surface area is 165 Å². The van der Waals surface area contributed by atoms with Crippen LogP contribution in [0, 0.1) is 13.8 Å². The first-order valence-corrected chi connectivity index (χ1v) is 9.61. The van der Waals surface area contributed by atoms with Crippen molar-refractivity contribution in [3.63, 3.8) is 0 Å². The van der Waals surface area contributed by atoms with Crippen LogP contribution >= 0.6 is 0 Å². The van der Waals surface area contributed by atoms with Gasteiger partial charge in [0.1, 0.15) is 11.4 Å². The number of amides is 2. The lowest BCUT2D eigenvalue weighted by Crippen LogP contribution is -2.34. The lowest BCUT2D eigenvalue weighted by atomic mass is 9.97. The van der Waals surface area contributed by atoms with Gasteiger partial charge in [0.25, 0.3) is 11.8 Å². The van der Waals surface area contributed by atoms with Crippen LogP contribution in [0.5, 0.6) is 5.75 Å². The summed E-state index contributed by atoms with van der Waals surface area (Å²) >= 11 is 0. The monoisotopic (exact) mass is 376 g/mol. The molecule has 5 heteroatoms. The predicted octanol–water partition coefficient (Wildman–Crippen LogP) is 3.69. The van der Waals surface area contributed by atoms with E-state index in [9.17, 15) is 9.59 Å². The molecular formula is C23H24N2O3. The molecule has 0 aromatic heterocycles. The summed E-state index contributed by atoms with van der Waals surface area (Å²) in [5.74, 6) is 0.0861. The third kappa shape index (κ3) is 2.97. The van der Waals surface area contributed by atoms with Gasteiger partial charge in [0.05, 0.1) is 18.4 Å². The van der Waals surface area contributed by atoms with Crippen LogP contribution in [-0.2, 0) is 9.59 Å². The van der Waals surface area contributed by atoms with Crippen molar-refractivity contribution < 1.29 is 14.3 Å². The van der Waals surface area contributed by atoms with E-state index < -0.39 is 0 Å². The van der Waals surface area contributed by atoms with E-state index in [1.165, 1.54) is 4.90 Å². The van der Waals surface area contributed by atoms with E-state index in [2.05, 4.69) is 11.0 Å². The maximum Gasteiger partial charge on any atom is 0.282 e. The van der Waals surface area contributed by atoms with E-state index in [1.807, 2.05) is 26.0 Å². The second kappa shape index (κ2) is 7.15. The van der Waals surface area contributed by atoms with Crippen molar-refractivity contribution in [1.82, 2.24) is 4.90 Å². The van der Waals surface area contributed by atoms with Crippen molar-refractivity contribution >= 4 is 23.1 Å². The van der Waals surface area contributed by atoms with Gasteiger partial charge in [-0.1, -0.05) is 29.8 Å². The molecule has 2 amide bonds. The molecule has 0 bridgehead atoms. The van der Waals surface area contributed by atoms with Crippen LogP contribution in [0.2, 0.25) is 0 Å². The number of aryl methyl sites for hydroxylation is 2. The average molecular weight is 376 g/mol. The molecule has 2 aliphatic heterocycles. The lowest BCUT2D eigenvalue weighted by Gasteiger charge is -2.20. The van der Waals surface area contributed by atoms with Gasteiger partial charge in [-0.2, -0.15) is 0 Å². The van der Waals surface area contributed by atoms with E-state index in [-0.39, 0.29) is 11.8 Å². The third-order valence-corrected chi connectivity index (χ3v) is 5.44. The van der Waals surface area contributed by atoms with E-state index in [4.69, 9.17) is 4.74 Å². The molecule has 0 unspecified atom stereocenters. The Hall–Kier alpha value is -3.08. The molecule has 0 saturated carbocycles. The largest absolute Gasteiger partial charge is 0.497 e. The molecule has 5 nitrogen and oxygen atoms in total. The van der Waals surface area contributed by atoms with Gasteiger partial charge in [-0.05, 0) is 49.9 Å². The topological polar surface area (TPSA) is 49.9 Å². The highest BCUT2D eigenvalue weighted by Gasteiger charge is 2.43. The molecule has 1 fully saturated rings. The van der Waals surface area contributed by atoms with Crippen molar-refractivity contribution in [1.29, 1.82) is 0 Å². The number of benzene rings is 2. The third-order valence-electron chi connectivity index (χ3n) is 5.44. The Bertz CT molecular complexity index is 987. The summed E-state index contributed by atoms with van der Waals surface area (Å²) in [5.41, 5.74) is 4.53. The summed E-state index contributed by atoms with van der Waals surface area (Å²) < 4.78 is 5.28. The molecule has 0 radical (unpaired) electrons. The van der Waals surface area contributed by atoms with Gasteiger partial charge in [-0.3, -0.25) is 9.59 Å². The number of likely N-dealkylation sites (tertiary alicyclic amines) is 1. The van der Waals surface area contributed by atoms with Crippen LogP contribution in [0.1, 0.15) is 29.5 Å². The van der Waals surface area contributed by atoms with Crippen molar-refractivity contribution in [2.75, 3.05) is 25.1 Å². The second-order valence-corrected chi connectivity index (χ2v) is 7.38. The maximum absolute atomic E-state index is 13.5. The summed E-state index contributed by atoms with van der Waals surface area (Å²) in [7, 11) is 1.57. The highest BCUT2D eigenvalue weighted by molar-refractivity contribution is 6.45. The summed E-state index contributed by atoms with van der Waals surface area (Å²) in [6.07, 6.45) is 2.06. The van der Waals surface area contributed by atoms with Crippen molar-refractivity contribution in [3.8, 4) is 5.75 Å². The summed E-state index contributed by atoms with van der Waals surface area (Å²) in [6.45, 7) is 5.61. The van der Waals surface area contributed by atoms with E-state index in [1.54, 1.807) is 31.4 Å². The minimum atomic E-state index is -0.271. The van der Waals surface area contributed by atoms with Gasteiger partial charge in [0.2, 0.25) is 0 Å². The first-order chi connectivity index (χ1) is 13.5. The number of carbonyl (C=O) groups excluding carboxylic acids is 2. The number of imide groups is 1. The van der Waals surface area contributed by atoms with Crippen LogP contribution < -0.4 is 9.64 Å². The molecule has 2 aromatic carbocycles. The van der Waals surface area contributed by atoms with Crippen LogP contribution in [0.25, 0.3) is 5.57 Å². The minimum Gasteiger partial charge on any atom is -0.497 e. The Balaban J connectivity index is 1.86. The number of hydrogen-bond acceptors (Lipinski definition) is 4. The van der Waals surface area contributed by atoms with Crippen molar-refractivity contribution in [2.45, 2.75) is 26.7 Å². The molecule has 2 aliphatic rings. The Morgan fingerprint density at radius 2 is 1.68 bits per heavy atom. The number of nitrogens with zero attached hydrogens (tertiary/aromatic N) is 2.